The highest BCUT2D eigenvalue weighted by Crippen LogP contribution is 2.26. The lowest BCUT2D eigenvalue weighted by molar-refractivity contribution is -0.131. The molecule has 0 bridgehead atoms. The van der Waals surface area contributed by atoms with Gasteiger partial charge in [-0.15, -0.1) is 0 Å². The van der Waals surface area contributed by atoms with Crippen LogP contribution >= 0.6 is 0 Å². The minimum absolute atomic E-state index is 0.0695. The monoisotopic (exact) mass is 277 g/mol. The lowest BCUT2D eigenvalue weighted by Crippen LogP contribution is -2.35. The molecule has 0 saturated heterocycles. The average molecular weight is 277 g/mol. The number of benzene rings is 1. The van der Waals surface area contributed by atoms with Crippen molar-refractivity contribution in [2.75, 3.05) is 20.2 Å². The Kier molecular flexibility index (Phi) is 5.41. The van der Waals surface area contributed by atoms with Crippen molar-refractivity contribution in [1.82, 2.24) is 4.90 Å². The Bertz CT molecular complexity index is 421. The van der Waals surface area contributed by atoms with E-state index in [4.69, 9.17) is 4.74 Å². The minimum atomic E-state index is -0.245. The second-order valence-electron chi connectivity index (χ2n) is 5.44. The summed E-state index contributed by atoms with van der Waals surface area (Å²) in [4.78, 5) is 13.7. The molecule has 0 aromatic heterocycles. The predicted octanol–water partition coefficient (Wildman–Crippen LogP) is 2.07. The van der Waals surface area contributed by atoms with Gasteiger partial charge in [0.1, 0.15) is 5.75 Å². The van der Waals surface area contributed by atoms with Crippen molar-refractivity contribution < 1.29 is 14.6 Å². The van der Waals surface area contributed by atoms with E-state index in [1.807, 2.05) is 30.3 Å². The molecule has 0 heterocycles. The third-order valence-corrected chi connectivity index (χ3v) is 3.88. The summed E-state index contributed by atoms with van der Waals surface area (Å²) < 4.78 is 5.52. The fraction of sp³-hybridized carbons (Fsp3) is 0.562. The van der Waals surface area contributed by atoms with Crippen molar-refractivity contribution in [1.29, 1.82) is 0 Å². The minimum Gasteiger partial charge on any atom is -0.493 e. The molecule has 4 nitrogen and oxygen atoms in total. The first-order valence-electron chi connectivity index (χ1n) is 7.26. The highest BCUT2D eigenvalue weighted by molar-refractivity contribution is 5.76. The number of aliphatic hydroxyl groups excluding tert-OH is 1. The second kappa shape index (κ2) is 7.29. The van der Waals surface area contributed by atoms with Crippen LogP contribution in [0.3, 0.4) is 0 Å². The van der Waals surface area contributed by atoms with Crippen LogP contribution in [0.5, 0.6) is 5.75 Å². The van der Waals surface area contributed by atoms with Crippen LogP contribution in [0.15, 0.2) is 30.3 Å². The largest absolute Gasteiger partial charge is 0.493 e. The van der Waals surface area contributed by atoms with E-state index in [9.17, 15) is 9.90 Å². The van der Waals surface area contributed by atoms with E-state index in [-0.39, 0.29) is 17.9 Å². The number of hydrogen-bond donors (Lipinski definition) is 1. The van der Waals surface area contributed by atoms with Gasteiger partial charge in [-0.3, -0.25) is 4.79 Å². The lowest BCUT2D eigenvalue weighted by Gasteiger charge is -2.23. The summed E-state index contributed by atoms with van der Waals surface area (Å²) in [6, 6.07) is 9.50. The number of nitrogens with zero attached hydrogens (tertiary/aromatic N) is 1. The number of aliphatic hydroxyl groups is 1. The van der Waals surface area contributed by atoms with Gasteiger partial charge in [0.05, 0.1) is 19.1 Å². The van der Waals surface area contributed by atoms with Crippen LogP contribution < -0.4 is 4.74 Å². The summed E-state index contributed by atoms with van der Waals surface area (Å²) in [5.74, 6) is 1.09. The maximum atomic E-state index is 12.0. The van der Waals surface area contributed by atoms with Crippen LogP contribution in [-0.4, -0.2) is 42.2 Å². The van der Waals surface area contributed by atoms with E-state index in [1.54, 1.807) is 11.9 Å². The molecule has 0 unspecified atom stereocenters. The molecule has 4 heteroatoms. The standard InChI is InChI=1S/C16H23NO3/c1-17(12-13-6-5-9-15(13)18)16(19)10-11-20-14-7-3-2-4-8-14/h2-4,7-8,13,15,18H,5-6,9-12H2,1H3/t13-,15+/m0/s1. The van der Waals surface area contributed by atoms with Crippen molar-refractivity contribution in [2.24, 2.45) is 5.92 Å². The van der Waals surface area contributed by atoms with Gasteiger partial charge in [0.25, 0.3) is 0 Å². The third kappa shape index (κ3) is 4.23. The molecule has 1 aromatic carbocycles. The first kappa shape index (κ1) is 14.9. The molecule has 0 spiro atoms. The zero-order valence-electron chi connectivity index (χ0n) is 12.0. The van der Waals surface area contributed by atoms with Gasteiger partial charge in [0, 0.05) is 19.5 Å². The number of carbonyl (C=O) groups excluding carboxylic acids is 1. The van der Waals surface area contributed by atoms with E-state index in [0.29, 0.717) is 19.6 Å². The van der Waals surface area contributed by atoms with Gasteiger partial charge in [-0.05, 0) is 25.0 Å². The number of carbonyl (C=O) groups is 1. The zero-order chi connectivity index (χ0) is 14.4. The number of rotatable bonds is 6. The van der Waals surface area contributed by atoms with Gasteiger partial charge in [0.2, 0.25) is 5.91 Å². The number of amides is 1. The van der Waals surface area contributed by atoms with Crippen molar-refractivity contribution in [3.05, 3.63) is 30.3 Å². The zero-order valence-corrected chi connectivity index (χ0v) is 12.0. The highest BCUT2D eigenvalue weighted by Gasteiger charge is 2.27. The third-order valence-electron chi connectivity index (χ3n) is 3.88. The van der Waals surface area contributed by atoms with Crippen LogP contribution in [0.1, 0.15) is 25.7 Å². The van der Waals surface area contributed by atoms with Crippen molar-refractivity contribution >= 4 is 5.91 Å². The van der Waals surface area contributed by atoms with Crippen LogP contribution in [0.25, 0.3) is 0 Å². The van der Waals surface area contributed by atoms with Gasteiger partial charge in [-0.1, -0.05) is 24.6 Å². The average Bonchev–Trinajstić information content (AvgIpc) is 2.85. The molecule has 0 aliphatic heterocycles. The second-order valence-corrected chi connectivity index (χ2v) is 5.44. The van der Waals surface area contributed by atoms with Gasteiger partial charge >= 0.3 is 0 Å². The maximum Gasteiger partial charge on any atom is 0.225 e. The van der Waals surface area contributed by atoms with Crippen LogP contribution in [0, 0.1) is 5.92 Å². The fourth-order valence-electron chi connectivity index (χ4n) is 2.65. The number of hydrogen-bond acceptors (Lipinski definition) is 3. The van der Waals surface area contributed by atoms with Gasteiger partial charge in [-0.2, -0.15) is 0 Å². The molecule has 1 amide bonds. The van der Waals surface area contributed by atoms with Crippen LogP contribution in [0.2, 0.25) is 0 Å². The molecule has 1 N–H and O–H groups in total. The summed E-state index contributed by atoms with van der Waals surface area (Å²) >= 11 is 0. The van der Waals surface area contributed by atoms with Crippen LogP contribution in [-0.2, 0) is 4.79 Å². The first-order valence-corrected chi connectivity index (χ1v) is 7.26. The molecule has 0 radical (unpaired) electrons. The normalized spacial score (nSPS) is 21.7. The van der Waals surface area contributed by atoms with E-state index in [1.165, 1.54) is 0 Å². The summed E-state index contributed by atoms with van der Waals surface area (Å²) in [6.45, 7) is 1.03. The molecular weight excluding hydrogens is 254 g/mol. The van der Waals surface area contributed by atoms with Crippen molar-refractivity contribution in [3.63, 3.8) is 0 Å². The van der Waals surface area contributed by atoms with Gasteiger partial charge in [0.15, 0.2) is 0 Å². The van der Waals surface area contributed by atoms with Gasteiger partial charge < -0.3 is 14.7 Å². The molecule has 20 heavy (non-hydrogen) atoms. The number of para-hydroxylation sites is 1. The fourth-order valence-corrected chi connectivity index (χ4v) is 2.65. The van der Waals surface area contributed by atoms with E-state index < -0.39 is 0 Å². The first-order chi connectivity index (χ1) is 9.66. The summed E-state index contributed by atoms with van der Waals surface area (Å²) in [5, 5.41) is 9.78. The van der Waals surface area contributed by atoms with Crippen molar-refractivity contribution in [2.45, 2.75) is 31.8 Å². The molecule has 2 atom stereocenters. The SMILES string of the molecule is CN(C[C@@H]1CCC[C@H]1O)C(=O)CCOc1ccccc1. The van der Waals surface area contributed by atoms with Crippen LogP contribution in [0.4, 0.5) is 0 Å². The smallest absolute Gasteiger partial charge is 0.225 e. The summed E-state index contributed by atoms with van der Waals surface area (Å²) in [6.07, 6.45) is 3.06. The molecule has 1 aromatic rings. The highest BCUT2D eigenvalue weighted by atomic mass is 16.5. The van der Waals surface area contributed by atoms with E-state index in [2.05, 4.69) is 0 Å². The Hall–Kier alpha value is -1.55. The Morgan fingerprint density at radius 2 is 2.10 bits per heavy atom. The topological polar surface area (TPSA) is 49.8 Å². The predicted molar refractivity (Wildman–Crippen MR) is 77.5 cm³/mol. The Morgan fingerprint density at radius 3 is 2.75 bits per heavy atom. The maximum absolute atomic E-state index is 12.0. The van der Waals surface area contributed by atoms with E-state index >= 15 is 0 Å². The Balaban J connectivity index is 1.68. The molecule has 2 rings (SSSR count). The van der Waals surface area contributed by atoms with E-state index in [0.717, 1.165) is 25.0 Å². The Morgan fingerprint density at radius 1 is 1.35 bits per heavy atom. The quantitative estimate of drug-likeness (QED) is 0.866. The lowest BCUT2D eigenvalue weighted by atomic mass is 10.1. The van der Waals surface area contributed by atoms with Gasteiger partial charge in [-0.25, -0.2) is 0 Å². The summed E-state index contributed by atoms with van der Waals surface area (Å²) in [7, 11) is 1.80. The number of ether oxygens (including phenoxy) is 1. The molecule has 1 fully saturated rings. The molecule has 1 aliphatic carbocycles. The van der Waals surface area contributed by atoms with Crippen molar-refractivity contribution in [3.8, 4) is 5.75 Å². The molecular formula is C16H23NO3. The molecule has 1 saturated carbocycles. The Labute approximate surface area is 120 Å². The molecule has 1 aliphatic rings. The summed E-state index contributed by atoms with van der Waals surface area (Å²) in [5.41, 5.74) is 0. The molecule has 110 valence electrons.